The number of Topliss-reactive ketones (excluding diaryl/α,β-unsaturated/α-hetero) is 2. The van der Waals surface area contributed by atoms with Gasteiger partial charge in [0.25, 0.3) is 0 Å². The van der Waals surface area contributed by atoms with Gasteiger partial charge in [-0.1, -0.05) is 39.0 Å². The number of fused-ring (bicyclic) bond motifs is 1. The number of alkyl halides is 3. The Bertz CT molecular complexity index is 1650. The lowest BCUT2D eigenvalue weighted by atomic mass is 9.88. The topological polar surface area (TPSA) is 82.2 Å². The van der Waals surface area contributed by atoms with Crippen molar-refractivity contribution < 1.29 is 22.8 Å². The number of ketones is 2. The van der Waals surface area contributed by atoms with E-state index in [4.69, 9.17) is 0 Å². The van der Waals surface area contributed by atoms with E-state index >= 15 is 0 Å². The molecular weight excluding hydrogens is 555 g/mol. The number of hydrogen-bond donors (Lipinski definition) is 0. The molecule has 0 bridgehead atoms. The fraction of sp³-hybridized carbons (Fsp3) is 0.485. The molecule has 3 heterocycles. The molecule has 1 fully saturated rings. The van der Waals surface area contributed by atoms with Crippen molar-refractivity contribution in [2.75, 3.05) is 0 Å². The third-order valence-corrected chi connectivity index (χ3v) is 8.60. The number of rotatable bonds is 11. The quantitative estimate of drug-likeness (QED) is 0.133. The van der Waals surface area contributed by atoms with Crippen LogP contribution in [0.4, 0.5) is 13.2 Å². The SMILES string of the molecule is CCc1cc(Cc2nccn3c(-c4cn(C)nc4C(F)(F)F)cnc23)ccc1C(=O)CCCCC(=O)[C@H]1CCC(C)(C)C1. The summed E-state index contributed by atoms with van der Waals surface area (Å²) in [5.41, 5.74) is 3.16. The first-order valence-corrected chi connectivity index (χ1v) is 15.0. The third kappa shape index (κ3) is 6.73. The zero-order valence-electron chi connectivity index (χ0n) is 25.2. The molecule has 1 atom stereocenters. The van der Waals surface area contributed by atoms with Gasteiger partial charge in [0.2, 0.25) is 0 Å². The second-order valence-electron chi connectivity index (χ2n) is 12.5. The van der Waals surface area contributed by atoms with E-state index in [0.29, 0.717) is 54.8 Å². The molecular formula is C33H38F3N5O2. The van der Waals surface area contributed by atoms with Crippen LogP contribution >= 0.6 is 0 Å². The summed E-state index contributed by atoms with van der Waals surface area (Å²) in [6, 6.07) is 5.75. The summed E-state index contributed by atoms with van der Waals surface area (Å²) in [5.74, 6) is 0.588. The Morgan fingerprint density at radius 2 is 1.88 bits per heavy atom. The summed E-state index contributed by atoms with van der Waals surface area (Å²) >= 11 is 0. The van der Waals surface area contributed by atoms with E-state index in [1.165, 1.54) is 19.4 Å². The van der Waals surface area contributed by atoms with Crippen molar-refractivity contribution in [1.29, 1.82) is 0 Å². The number of hydrogen-bond acceptors (Lipinski definition) is 5. The molecule has 43 heavy (non-hydrogen) atoms. The number of carbonyl (C=O) groups excluding carboxylic acids is 2. The van der Waals surface area contributed by atoms with Gasteiger partial charge in [0.15, 0.2) is 17.1 Å². The van der Waals surface area contributed by atoms with Crippen LogP contribution in [0.3, 0.4) is 0 Å². The van der Waals surface area contributed by atoms with Crippen LogP contribution < -0.4 is 0 Å². The van der Waals surface area contributed by atoms with Crippen molar-refractivity contribution in [3.63, 3.8) is 0 Å². The van der Waals surface area contributed by atoms with Gasteiger partial charge in [-0.15, -0.1) is 0 Å². The highest BCUT2D eigenvalue weighted by molar-refractivity contribution is 5.97. The van der Waals surface area contributed by atoms with Gasteiger partial charge < -0.3 is 0 Å². The number of carbonyl (C=O) groups is 2. The lowest BCUT2D eigenvalue weighted by molar-refractivity contribution is -0.141. The Balaban J connectivity index is 1.26. The summed E-state index contributed by atoms with van der Waals surface area (Å²) in [7, 11) is 1.45. The monoisotopic (exact) mass is 593 g/mol. The maximum absolute atomic E-state index is 13.6. The molecule has 4 aromatic rings. The van der Waals surface area contributed by atoms with Gasteiger partial charge in [0.1, 0.15) is 5.78 Å². The average molecular weight is 594 g/mol. The lowest BCUT2D eigenvalue weighted by Gasteiger charge is -2.16. The van der Waals surface area contributed by atoms with Gasteiger partial charge in [-0.3, -0.25) is 23.7 Å². The van der Waals surface area contributed by atoms with E-state index in [1.54, 1.807) is 16.8 Å². The van der Waals surface area contributed by atoms with Crippen molar-refractivity contribution in [1.82, 2.24) is 24.1 Å². The van der Waals surface area contributed by atoms with E-state index < -0.39 is 11.9 Å². The van der Waals surface area contributed by atoms with Gasteiger partial charge in [-0.2, -0.15) is 18.3 Å². The molecule has 0 unspecified atom stereocenters. The molecule has 5 rings (SSSR count). The molecule has 1 aromatic carbocycles. The first kappa shape index (κ1) is 30.6. The van der Waals surface area contributed by atoms with Crippen LogP contribution in [0.1, 0.15) is 98.6 Å². The van der Waals surface area contributed by atoms with Crippen LogP contribution in [-0.2, 0) is 30.9 Å². The smallest absolute Gasteiger partial charge is 0.299 e. The molecule has 1 aliphatic rings. The normalized spacial score (nSPS) is 16.7. The fourth-order valence-corrected chi connectivity index (χ4v) is 6.33. The van der Waals surface area contributed by atoms with E-state index in [2.05, 4.69) is 28.9 Å². The highest BCUT2D eigenvalue weighted by Crippen LogP contribution is 2.42. The fourth-order valence-electron chi connectivity index (χ4n) is 6.33. The van der Waals surface area contributed by atoms with Crippen LogP contribution in [0, 0.1) is 11.3 Å². The van der Waals surface area contributed by atoms with Crippen LogP contribution in [0.2, 0.25) is 0 Å². The molecule has 0 spiro atoms. The van der Waals surface area contributed by atoms with Gasteiger partial charge in [0, 0.05) is 56.4 Å². The summed E-state index contributed by atoms with van der Waals surface area (Å²) in [4.78, 5) is 34.6. The van der Waals surface area contributed by atoms with Crippen molar-refractivity contribution >= 4 is 17.2 Å². The lowest BCUT2D eigenvalue weighted by Crippen LogP contribution is -2.13. The number of aryl methyl sites for hydroxylation is 2. The van der Waals surface area contributed by atoms with Crippen LogP contribution in [0.25, 0.3) is 16.9 Å². The van der Waals surface area contributed by atoms with Crippen molar-refractivity contribution in [2.24, 2.45) is 18.4 Å². The number of halogens is 3. The molecule has 0 aliphatic heterocycles. The Morgan fingerprint density at radius 3 is 2.58 bits per heavy atom. The van der Waals surface area contributed by atoms with Crippen LogP contribution in [-0.4, -0.2) is 35.7 Å². The van der Waals surface area contributed by atoms with Gasteiger partial charge in [-0.25, -0.2) is 4.98 Å². The van der Waals surface area contributed by atoms with Crippen LogP contribution in [0.15, 0.2) is 43.0 Å². The van der Waals surface area contributed by atoms with E-state index in [9.17, 15) is 22.8 Å². The maximum atomic E-state index is 13.6. The second kappa shape index (κ2) is 12.1. The molecule has 0 radical (unpaired) electrons. The predicted molar refractivity (Wildman–Crippen MR) is 158 cm³/mol. The first-order valence-electron chi connectivity index (χ1n) is 15.0. The van der Waals surface area contributed by atoms with Gasteiger partial charge in [0.05, 0.1) is 23.1 Å². The minimum Gasteiger partial charge on any atom is -0.299 e. The average Bonchev–Trinajstić information content (AvgIpc) is 3.66. The Kier molecular flexibility index (Phi) is 8.58. The summed E-state index contributed by atoms with van der Waals surface area (Å²) < 4.78 is 43.6. The predicted octanol–water partition coefficient (Wildman–Crippen LogP) is 7.44. The van der Waals surface area contributed by atoms with Crippen molar-refractivity contribution in [3.05, 3.63) is 71.1 Å². The molecule has 1 aliphatic carbocycles. The minimum atomic E-state index is -4.60. The molecule has 0 saturated heterocycles. The molecule has 7 nitrogen and oxygen atoms in total. The van der Waals surface area contributed by atoms with E-state index in [1.807, 2.05) is 25.1 Å². The number of nitrogens with zero attached hydrogens (tertiary/aromatic N) is 5. The van der Waals surface area contributed by atoms with E-state index in [0.717, 1.165) is 41.5 Å². The number of aromatic nitrogens is 5. The minimum absolute atomic E-state index is 0.0531. The molecule has 3 aromatic heterocycles. The number of unbranched alkanes of at least 4 members (excludes halogenated alkanes) is 1. The molecule has 0 amide bonds. The Labute approximate surface area is 249 Å². The second-order valence-corrected chi connectivity index (χ2v) is 12.5. The first-order chi connectivity index (χ1) is 20.4. The zero-order valence-corrected chi connectivity index (χ0v) is 25.2. The van der Waals surface area contributed by atoms with Gasteiger partial charge >= 0.3 is 6.18 Å². The van der Waals surface area contributed by atoms with Gasteiger partial charge in [-0.05, 0) is 55.1 Å². The molecule has 1 saturated carbocycles. The largest absolute Gasteiger partial charge is 0.435 e. The maximum Gasteiger partial charge on any atom is 0.435 e. The third-order valence-electron chi connectivity index (χ3n) is 8.60. The standard InChI is InChI=1S/C33H38F3N5O2/c1-5-22-16-21(10-11-24(22)29(43)9-7-6-8-28(42)23-12-13-32(2,3)18-23)17-26-31-38-19-27(41(31)15-14-37-26)25-20-40(4)39-30(25)33(34,35)36/h10-11,14-16,19-20,23H,5-9,12-13,17-18H2,1-4H3/t23-/m0/s1. The van der Waals surface area contributed by atoms with Crippen molar-refractivity contribution in [2.45, 2.75) is 84.7 Å². The number of benzene rings is 1. The summed E-state index contributed by atoms with van der Waals surface area (Å²) in [6.45, 7) is 6.45. The molecule has 228 valence electrons. The summed E-state index contributed by atoms with van der Waals surface area (Å²) in [5, 5.41) is 3.62. The van der Waals surface area contributed by atoms with Crippen LogP contribution in [0.5, 0.6) is 0 Å². The van der Waals surface area contributed by atoms with Crippen molar-refractivity contribution in [3.8, 4) is 11.3 Å². The Hall–Kier alpha value is -3.82. The highest BCUT2D eigenvalue weighted by Gasteiger charge is 2.38. The Morgan fingerprint density at radius 1 is 1.12 bits per heavy atom. The highest BCUT2D eigenvalue weighted by atomic mass is 19.4. The summed E-state index contributed by atoms with van der Waals surface area (Å²) in [6.07, 6.45) is 7.77. The molecule has 10 heteroatoms. The van der Waals surface area contributed by atoms with E-state index in [-0.39, 0.29) is 28.4 Å². The zero-order chi connectivity index (χ0) is 30.9. The molecule has 0 N–H and O–H groups in total. The number of imidazole rings is 1.